The van der Waals surface area contributed by atoms with Gasteiger partial charge in [-0.3, -0.25) is 4.99 Å². The molecule has 0 spiro atoms. The molecule has 2 rings (SSSR count). The summed E-state index contributed by atoms with van der Waals surface area (Å²) in [5, 5.41) is 25.6. The molecule has 10 nitrogen and oxygen atoms in total. The minimum Gasteiger partial charge on any atom is -0.502 e. The molecular weight excluding hydrogens is 454 g/mol. The number of nitrogens with zero attached hydrogens (tertiary/aromatic N) is 3. The van der Waals surface area contributed by atoms with Gasteiger partial charge in [-0.15, -0.1) is 11.8 Å². The summed E-state index contributed by atoms with van der Waals surface area (Å²) in [5.41, 5.74) is 7.89. The topological polar surface area (TPSA) is 174 Å². The lowest BCUT2D eigenvalue weighted by Gasteiger charge is -2.17. The lowest BCUT2D eigenvalue weighted by atomic mass is 9.96. The first-order valence-electron chi connectivity index (χ1n) is 9.41. The van der Waals surface area contributed by atoms with Crippen molar-refractivity contribution in [2.45, 2.75) is 17.9 Å². The van der Waals surface area contributed by atoms with Crippen LogP contribution in [0, 0.1) is 11.3 Å². The monoisotopic (exact) mass is 479 g/mol. The highest BCUT2D eigenvalue weighted by atomic mass is 32.2. The van der Waals surface area contributed by atoms with E-state index in [4.69, 9.17) is 20.3 Å². The van der Waals surface area contributed by atoms with Gasteiger partial charge in [0.2, 0.25) is 15.8 Å². The molecule has 0 amide bonds. The normalized spacial score (nSPS) is 11.5. The largest absolute Gasteiger partial charge is 0.502 e. The van der Waals surface area contributed by atoms with Crippen molar-refractivity contribution < 1.29 is 23.0 Å². The van der Waals surface area contributed by atoms with Gasteiger partial charge in [-0.2, -0.15) is 5.26 Å². The van der Waals surface area contributed by atoms with Gasteiger partial charge in [0.25, 0.3) is 0 Å². The van der Waals surface area contributed by atoms with Crippen LogP contribution in [0.1, 0.15) is 24.0 Å². The summed E-state index contributed by atoms with van der Waals surface area (Å²) >= 11 is 1.29. The molecule has 0 aliphatic rings. The van der Waals surface area contributed by atoms with Crippen LogP contribution in [0.3, 0.4) is 0 Å². The molecule has 1 aromatic carbocycles. The Morgan fingerprint density at radius 1 is 1.28 bits per heavy atom. The van der Waals surface area contributed by atoms with E-state index in [1.807, 2.05) is 0 Å². The lowest BCUT2D eigenvalue weighted by molar-refractivity contribution is 0.340. The van der Waals surface area contributed by atoms with Gasteiger partial charge in [0, 0.05) is 24.4 Å². The van der Waals surface area contributed by atoms with Crippen LogP contribution in [-0.2, 0) is 10.0 Å². The Kier molecular flexibility index (Phi) is 8.71. The highest BCUT2D eigenvalue weighted by Crippen LogP contribution is 2.43. The predicted octanol–water partition coefficient (Wildman–Crippen LogP) is 2.13. The third-order valence-corrected chi connectivity index (χ3v) is 6.35. The summed E-state index contributed by atoms with van der Waals surface area (Å²) in [6.45, 7) is 0. The van der Waals surface area contributed by atoms with Crippen molar-refractivity contribution in [1.82, 2.24) is 4.98 Å². The van der Waals surface area contributed by atoms with Crippen LogP contribution in [0.25, 0.3) is 11.1 Å². The van der Waals surface area contributed by atoms with Crippen molar-refractivity contribution in [3.05, 3.63) is 23.3 Å². The predicted molar refractivity (Wildman–Crippen MR) is 125 cm³/mol. The van der Waals surface area contributed by atoms with Gasteiger partial charge in [-0.05, 0) is 36.3 Å². The van der Waals surface area contributed by atoms with E-state index in [9.17, 15) is 18.8 Å². The highest BCUT2D eigenvalue weighted by molar-refractivity contribution is 7.99. The summed E-state index contributed by atoms with van der Waals surface area (Å²) < 4.78 is 32.7. The Morgan fingerprint density at radius 3 is 2.41 bits per heavy atom. The minimum atomic E-state index is -3.52. The molecule has 0 fully saturated rings. The van der Waals surface area contributed by atoms with Crippen LogP contribution in [0.15, 0.2) is 22.2 Å². The molecule has 2 aromatic rings. The third-order valence-electron chi connectivity index (χ3n) is 4.43. The molecule has 1 aromatic heterocycles. The van der Waals surface area contributed by atoms with Crippen molar-refractivity contribution >= 4 is 33.8 Å². The van der Waals surface area contributed by atoms with Crippen LogP contribution in [0.5, 0.6) is 17.2 Å². The first-order chi connectivity index (χ1) is 15.2. The van der Waals surface area contributed by atoms with E-state index in [-0.39, 0.29) is 34.4 Å². The van der Waals surface area contributed by atoms with Crippen LogP contribution >= 0.6 is 11.8 Å². The quantitative estimate of drug-likeness (QED) is 0.262. The molecule has 12 heteroatoms. The van der Waals surface area contributed by atoms with E-state index < -0.39 is 10.0 Å². The molecule has 0 aliphatic heterocycles. The molecule has 0 aliphatic carbocycles. The lowest BCUT2D eigenvalue weighted by Crippen LogP contribution is -2.16. The fraction of sp³-hybridized carbons (Fsp3) is 0.350. The number of aromatic hydroxyl groups is 1. The number of nitrogen functional groups attached to an aromatic ring is 1. The molecule has 32 heavy (non-hydrogen) atoms. The van der Waals surface area contributed by atoms with Crippen molar-refractivity contribution in [3.8, 4) is 34.4 Å². The first kappa shape index (κ1) is 25.3. The number of sulfonamides is 1. The summed E-state index contributed by atoms with van der Waals surface area (Å²) in [5.74, 6) is 0.723. The van der Waals surface area contributed by atoms with E-state index >= 15 is 0 Å². The number of ether oxygens (including phenoxy) is 2. The van der Waals surface area contributed by atoms with Crippen molar-refractivity contribution in [2.24, 2.45) is 10.1 Å². The Balaban J connectivity index is 2.58. The third kappa shape index (κ3) is 6.03. The number of hydrogen-bond donors (Lipinski definition) is 3. The second-order valence-electron chi connectivity index (χ2n) is 6.62. The van der Waals surface area contributed by atoms with Crippen molar-refractivity contribution in [1.29, 1.82) is 5.26 Å². The number of aliphatic imine (C=N–C) groups is 1. The average molecular weight is 480 g/mol. The average Bonchev–Trinajstić information content (AvgIpc) is 2.74. The number of anilines is 1. The number of benzene rings is 1. The zero-order valence-electron chi connectivity index (χ0n) is 18.0. The fourth-order valence-corrected chi connectivity index (χ4v) is 4.58. The summed E-state index contributed by atoms with van der Waals surface area (Å²) in [4.78, 5) is 8.40. The van der Waals surface area contributed by atoms with Gasteiger partial charge >= 0.3 is 0 Å². The van der Waals surface area contributed by atoms with Gasteiger partial charge in [-0.25, -0.2) is 18.5 Å². The molecule has 5 N–H and O–H groups in total. The number of thioether (sulfide) groups is 1. The van der Waals surface area contributed by atoms with E-state index in [0.29, 0.717) is 40.3 Å². The zero-order chi connectivity index (χ0) is 23.9. The second kappa shape index (κ2) is 11.0. The van der Waals surface area contributed by atoms with Gasteiger partial charge < -0.3 is 20.3 Å². The van der Waals surface area contributed by atoms with E-state index in [1.54, 1.807) is 19.2 Å². The van der Waals surface area contributed by atoms with E-state index in [0.717, 1.165) is 0 Å². The van der Waals surface area contributed by atoms with E-state index in [1.165, 1.54) is 32.2 Å². The maximum atomic E-state index is 11.1. The maximum Gasteiger partial charge on any atom is 0.209 e. The molecule has 1 heterocycles. The maximum absolute atomic E-state index is 11.1. The number of primary sulfonamides is 1. The number of pyridine rings is 1. The van der Waals surface area contributed by atoms with Gasteiger partial charge in [0.05, 0.1) is 25.5 Å². The Hall–Kier alpha value is -3.01. The molecule has 0 unspecified atom stereocenters. The number of aromatic nitrogens is 1. The molecule has 0 atom stereocenters. The van der Waals surface area contributed by atoms with Gasteiger partial charge in [0.1, 0.15) is 16.9 Å². The highest BCUT2D eigenvalue weighted by Gasteiger charge is 2.22. The number of methoxy groups -OCH3 is 2. The Labute approximate surface area is 191 Å². The van der Waals surface area contributed by atoms with Crippen molar-refractivity contribution in [3.63, 3.8) is 0 Å². The fourth-order valence-electron chi connectivity index (χ4n) is 2.97. The Morgan fingerprint density at radius 2 is 1.91 bits per heavy atom. The number of unbranched alkanes of at least 4 members (excludes halogenated alkanes) is 1. The number of nitriles is 1. The number of phenols is 1. The summed E-state index contributed by atoms with van der Waals surface area (Å²) in [6, 6.07) is 5.32. The molecule has 0 radical (unpaired) electrons. The van der Waals surface area contributed by atoms with Gasteiger partial charge in [0.15, 0.2) is 11.5 Å². The second-order valence-corrected chi connectivity index (χ2v) is 9.43. The smallest absolute Gasteiger partial charge is 0.209 e. The summed E-state index contributed by atoms with van der Waals surface area (Å²) in [7, 11) is 0.863. The summed E-state index contributed by atoms with van der Waals surface area (Å²) in [6.07, 6.45) is 2.45. The van der Waals surface area contributed by atoms with Crippen LogP contribution in [-0.4, -0.2) is 57.5 Å². The first-order valence-corrected chi connectivity index (χ1v) is 12.1. The molecule has 0 saturated heterocycles. The molecular formula is C20H25N5O5S2. The number of nitrogens with two attached hydrogens (primary N) is 2. The Bertz CT molecular complexity index is 1130. The van der Waals surface area contributed by atoms with Crippen molar-refractivity contribution in [2.75, 3.05) is 38.5 Å². The SMILES string of the molecule is CN=Cc1c(N)nc(SCCCCS(N)(=O)=O)c(C#N)c1-c1cc(OC)c(O)c(OC)c1. The molecule has 0 bridgehead atoms. The number of phenolic OH excluding ortho intramolecular Hbond substituents is 1. The minimum absolute atomic E-state index is 0.113. The number of rotatable bonds is 10. The standard InChI is InChI=1S/C20H25N5O5S2/c1-24-11-14-17(12-8-15(29-2)18(26)16(9-12)30-3)13(10-21)20(25-19(14)22)31-6-4-5-7-32(23,27)28/h8-9,11,26H,4-7H2,1-3H3,(H2,22,25)(H2,23,27,28). The zero-order valence-corrected chi connectivity index (χ0v) is 19.6. The van der Waals surface area contributed by atoms with Gasteiger partial charge in [-0.1, -0.05) is 0 Å². The molecule has 172 valence electrons. The van der Waals surface area contributed by atoms with Crippen LogP contribution in [0.2, 0.25) is 0 Å². The van der Waals surface area contributed by atoms with Crippen LogP contribution in [0.4, 0.5) is 5.82 Å². The molecule has 0 saturated carbocycles. The number of hydrogen-bond acceptors (Lipinski definition) is 10. The van der Waals surface area contributed by atoms with E-state index in [2.05, 4.69) is 16.0 Å². The van der Waals surface area contributed by atoms with Crippen LogP contribution < -0.4 is 20.3 Å².